The van der Waals surface area contributed by atoms with Gasteiger partial charge in [-0.05, 0) is 43.6 Å². The number of nitrogens with one attached hydrogen (secondary N) is 1. The number of rotatable bonds is 5. The van der Waals surface area contributed by atoms with Crippen LogP contribution in [-0.2, 0) is 6.54 Å². The first-order chi connectivity index (χ1) is 15.6. The monoisotopic (exact) mass is 446 g/mol. The number of carbonyl (C=O) groups excluding carboxylic acids is 1. The lowest BCUT2D eigenvalue weighted by Gasteiger charge is -2.35. The fraction of sp³-hybridized carbons (Fsp3) is 0.292. The highest BCUT2D eigenvalue weighted by molar-refractivity contribution is 7.13. The molecule has 8 heteroatoms. The number of nitrogens with zero attached hydrogens (tertiary/aromatic N) is 5. The number of pyridine rings is 1. The van der Waals surface area contributed by atoms with Gasteiger partial charge in [0, 0.05) is 32.7 Å². The van der Waals surface area contributed by atoms with Crippen molar-refractivity contribution in [1.29, 1.82) is 0 Å². The normalized spacial score (nSPS) is 14.8. The molecule has 0 atom stereocenters. The Bertz CT molecular complexity index is 1240. The molecule has 32 heavy (non-hydrogen) atoms. The zero-order valence-corrected chi connectivity index (χ0v) is 19.1. The largest absolute Gasteiger partial charge is 0.367 e. The lowest BCUT2D eigenvalue weighted by atomic mass is 10.1. The summed E-state index contributed by atoms with van der Waals surface area (Å²) in [5, 5.41) is 10.4. The number of fused-ring (bicyclic) bond motifs is 1. The van der Waals surface area contributed by atoms with E-state index in [2.05, 4.69) is 33.3 Å². The topological polar surface area (TPSA) is 66.3 Å². The molecule has 1 amide bonds. The second-order valence-corrected chi connectivity index (χ2v) is 8.94. The number of thiophene rings is 1. The minimum atomic E-state index is -0.146. The molecule has 3 aromatic heterocycles. The molecule has 0 bridgehead atoms. The fourth-order valence-electron chi connectivity index (χ4n) is 4.11. The van der Waals surface area contributed by atoms with Crippen molar-refractivity contribution in [2.45, 2.75) is 13.5 Å². The third-order valence-corrected chi connectivity index (χ3v) is 6.82. The number of amides is 1. The summed E-state index contributed by atoms with van der Waals surface area (Å²) in [5.74, 6) is -0.146. The molecular weight excluding hydrogens is 420 g/mol. The molecule has 0 saturated carbocycles. The van der Waals surface area contributed by atoms with Crippen LogP contribution in [-0.4, -0.2) is 58.8 Å². The second-order valence-electron chi connectivity index (χ2n) is 7.99. The highest BCUT2D eigenvalue weighted by Gasteiger charge is 2.21. The maximum Gasteiger partial charge on any atom is 0.256 e. The maximum atomic E-state index is 13.5. The molecule has 4 heterocycles. The molecule has 1 aliphatic heterocycles. The number of anilines is 2. The standard InChI is InChI=1S/C24H26N6OS/c1-3-30-23-18(16-25-30)17(15-20(26-23)22-9-6-14-32-22)24(31)27-19-7-4-5-8-21(19)29-12-10-28(2)11-13-29/h4-9,14-16H,3,10-13H2,1-2H3,(H,27,31). The van der Waals surface area contributed by atoms with E-state index >= 15 is 0 Å². The second kappa shape index (κ2) is 8.72. The Morgan fingerprint density at radius 2 is 1.94 bits per heavy atom. The van der Waals surface area contributed by atoms with Crippen LogP contribution in [0.1, 0.15) is 17.3 Å². The van der Waals surface area contributed by atoms with E-state index in [4.69, 9.17) is 4.98 Å². The van der Waals surface area contributed by atoms with Gasteiger partial charge in [0.15, 0.2) is 5.65 Å². The molecule has 4 aromatic rings. The molecule has 7 nitrogen and oxygen atoms in total. The quantitative estimate of drug-likeness (QED) is 0.498. The summed E-state index contributed by atoms with van der Waals surface area (Å²) in [7, 11) is 2.14. The average Bonchev–Trinajstić information content (AvgIpc) is 3.49. The number of hydrogen-bond acceptors (Lipinski definition) is 6. The van der Waals surface area contributed by atoms with Gasteiger partial charge in [-0.3, -0.25) is 4.79 Å². The van der Waals surface area contributed by atoms with Gasteiger partial charge in [0.05, 0.1) is 39.1 Å². The van der Waals surface area contributed by atoms with Crippen molar-refractivity contribution >= 4 is 39.7 Å². The number of hydrogen-bond donors (Lipinski definition) is 1. The fourth-order valence-corrected chi connectivity index (χ4v) is 4.80. The summed E-state index contributed by atoms with van der Waals surface area (Å²) in [6.45, 7) is 6.61. The summed E-state index contributed by atoms with van der Waals surface area (Å²) in [6, 6.07) is 13.9. The predicted molar refractivity (Wildman–Crippen MR) is 131 cm³/mol. The molecule has 1 fully saturated rings. The van der Waals surface area contributed by atoms with Crippen molar-refractivity contribution in [3.63, 3.8) is 0 Å². The van der Waals surface area contributed by atoms with Gasteiger partial charge in [-0.25, -0.2) is 9.67 Å². The first-order valence-corrected chi connectivity index (χ1v) is 11.8. The van der Waals surface area contributed by atoms with Crippen LogP contribution in [0.3, 0.4) is 0 Å². The van der Waals surface area contributed by atoms with Crippen molar-refractivity contribution in [3.05, 3.63) is 59.6 Å². The SMILES string of the molecule is CCn1ncc2c(C(=O)Nc3ccccc3N3CCN(C)CC3)cc(-c3cccs3)nc21. The summed E-state index contributed by atoms with van der Waals surface area (Å²) in [4.78, 5) is 24.0. The van der Waals surface area contributed by atoms with Crippen LogP contribution < -0.4 is 10.2 Å². The predicted octanol–water partition coefficient (Wildman–Crippen LogP) is 4.18. The van der Waals surface area contributed by atoms with Crippen molar-refractivity contribution in [2.75, 3.05) is 43.4 Å². The van der Waals surface area contributed by atoms with Gasteiger partial charge in [0.1, 0.15) is 0 Å². The smallest absolute Gasteiger partial charge is 0.256 e. The Hall–Kier alpha value is -3.23. The van der Waals surface area contributed by atoms with Gasteiger partial charge in [0.2, 0.25) is 0 Å². The Labute approximate surface area is 191 Å². The number of piperazine rings is 1. The molecule has 0 radical (unpaired) electrons. The molecular formula is C24H26N6OS. The minimum Gasteiger partial charge on any atom is -0.367 e. The average molecular weight is 447 g/mol. The van der Waals surface area contributed by atoms with Crippen LogP contribution in [0.4, 0.5) is 11.4 Å². The molecule has 1 N–H and O–H groups in total. The van der Waals surface area contributed by atoms with E-state index in [1.165, 1.54) is 0 Å². The maximum absolute atomic E-state index is 13.5. The van der Waals surface area contributed by atoms with Gasteiger partial charge < -0.3 is 15.1 Å². The zero-order chi connectivity index (χ0) is 22.1. The van der Waals surface area contributed by atoms with Gasteiger partial charge in [-0.2, -0.15) is 5.10 Å². The molecule has 0 spiro atoms. The Morgan fingerprint density at radius 3 is 2.69 bits per heavy atom. The molecule has 5 rings (SSSR count). The number of para-hydroxylation sites is 2. The summed E-state index contributed by atoms with van der Waals surface area (Å²) in [6.07, 6.45) is 1.74. The summed E-state index contributed by atoms with van der Waals surface area (Å²) >= 11 is 1.61. The Balaban J connectivity index is 1.52. The first kappa shape index (κ1) is 20.7. The van der Waals surface area contributed by atoms with Crippen LogP contribution in [0, 0.1) is 0 Å². The van der Waals surface area contributed by atoms with Gasteiger partial charge >= 0.3 is 0 Å². The van der Waals surface area contributed by atoms with Crippen LogP contribution >= 0.6 is 11.3 Å². The lowest BCUT2D eigenvalue weighted by molar-refractivity contribution is 0.102. The molecule has 0 unspecified atom stereocenters. The van der Waals surface area contributed by atoms with Crippen LogP contribution in [0.2, 0.25) is 0 Å². The van der Waals surface area contributed by atoms with Crippen LogP contribution in [0.15, 0.2) is 54.0 Å². The third-order valence-electron chi connectivity index (χ3n) is 5.92. The van der Waals surface area contributed by atoms with E-state index in [0.29, 0.717) is 12.1 Å². The Morgan fingerprint density at radius 1 is 1.12 bits per heavy atom. The Kier molecular flexibility index (Phi) is 5.63. The highest BCUT2D eigenvalue weighted by Crippen LogP contribution is 2.30. The van der Waals surface area contributed by atoms with E-state index in [0.717, 1.165) is 59.2 Å². The number of carbonyl (C=O) groups is 1. The van der Waals surface area contributed by atoms with Crippen LogP contribution in [0.25, 0.3) is 21.6 Å². The van der Waals surface area contributed by atoms with Gasteiger partial charge in [-0.1, -0.05) is 18.2 Å². The molecule has 1 saturated heterocycles. The minimum absolute atomic E-state index is 0.146. The van der Waals surface area contributed by atoms with E-state index in [1.54, 1.807) is 17.5 Å². The molecule has 1 aromatic carbocycles. The summed E-state index contributed by atoms with van der Waals surface area (Å²) < 4.78 is 1.83. The number of aromatic nitrogens is 3. The highest BCUT2D eigenvalue weighted by atomic mass is 32.1. The van der Waals surface area contributed by atoms with Crippen molar-refractivity contribution in [2.24, 2.45) is 0 Å². The first-order valence-electron chi connectivity index (χ1n) is 10.9. The molecule has 1 aliphatic rings. The van der Waals surface area contributed by atoms with Crippen LogP contribution in [0.5, 0.6) is 0 Å². The van der Waals surface area contributed by atoms with E-state index in [1.807, 2.05) is 53.4 Å². The van der Waals surface area contributed by atoms with Gasteiger partial charge in [-0.15, -0.1) is 11.3 Å². The lowest BCUT2D eigenvalue weighted by Crippen LogP contribution is -2.44. The molecule has 0 aliphatic carbocycles. The van der Waals surface area contributed by atoms with E-state index in [9.17, 15) is 4.79 Å². The number of aryl methyl sites for hydroxylation is 1. The van der Waals surface area contributed by atoms with Crippen molar-refractivity contribution in [3.8, 4) is 10.6 Å². The van der Waals surface area contributed by atoms with Crippen molar-refractivity contribution < 1.29 is 4.79 Å². The van der Waals surface area contributed by atoms with E-state index < -0.39 is 0 Å². The third kappa shape index (κ3) is 3.87. The number of likely N-dealkylation sites (N-methyl/N-ethyl adjacent to an activating group) is 1. The van der Waals surface area contributed by atoms with Crippen molar-refractivity contribution in [1.82, 2.24) is 19.7 Å². The van der Waals surface area contributed by atoms with E-state index in [-0.39, 0.29) is 5.91 Å². The zero-order valence-electron chi connectivity index (χ0n) is 18.3. The summed E-state index contributed by atoms with van der Waals surface area (Å²) in [5.41, 5.74) is 4.00. The number of benzene rings is 1. The van der Waals surface area contributed by atoms with Gasteiger partial charge in [0.25, 0.3) is 5.91 Å². The molecule has 164 valence electrons.